The van der Waals surface area contributed by atoms with E-state index in [1.165, 1.54) is 24.1 Å². The number of anilines is 1. The predicted molar refractivity (Wildman–Crippen MR) is 168 cm³/mol. The van der Waals surface area contributed by atoms with Crippen molar-refractivity contribution in [3.8, 4) is 5.75 Å². The summed E-state index contributed by atoms with van der Waals surface area (Å²) >= 11 is 12.6. The second-order valence-corrected chi connectivity index (χ2v) is 12.7. The summed E-state index contributed by atoms with van der Waals surface area (Å²) in [5.41, 5.74) is 1.70. The van der Waals surface area contributed by atoms with Gasteiger partial charge in [-0.1, -0.05) is 66.9 Å². The fourth-order valence-electron chi connectivity index (χ4n) is 4.33. The zero-order valence-electron chi connectivity index (χ0n) is 24.4. The summed E-state index contributed by atoms with van der Waals surface area (Å²) in [6, 6.07) is 16.8. The molecule has 3 aromatic rings. The van der Waals surface area contributed by atoms with Gasteiger partial charge in [-0.2, -0.15) is 0 Å². The van der Waals surface area contributed by atoms with Gasteiger partial charge in [-0.05, 0) is 68.7 Å². The van der Waals surface area contributed by atoms with E-state index in [2.05, 4.69) is 5.32 Å². The smallest absolute Gasteiger partial charge is 0.264 e. The van der Waals surface area contributed by atoms with Gasteiger partial charge in [0.2, 0.25) is 11.8 Å². The monoisotopic (exact) mass is 633 g/mol. The van der Waals surface area contributed by atoms with E-state index in [0.29, 0.717) is 34.2 Å². The predicted octanol–water partition coefficient (Wildman–Crippen LogP) is 6.23. The van der Waals surface area contributed by atoms with E-state index in [-0.39, 0.29) is 29.1 Å². The van der Waals surface area contributed by atoms with Crippen LogP contribution in [0.1, 0.15) is 44.7 Å². The lowest BCUT2D eigenvalue weighted by Gasteiger charge is -2.34. The highest BCUT2D eigenvalue weighted by Gasteiger charge is 2.34. The molecule has 0 spiro atoms. The van der Waals surface area contributed by atoms with Crippen molar-refractivity contribution >= 4 is 50.7 Å². The summed E-state index contributed by atoms with van der Waals surface area (Å²) in [6.45, 7) is 6.89. The van der Waals surface area contributed by atoms with Crippen molar-refractivity contribution in [2.75, 3.05) is 18.0 Å². The van der Waals surface area contributed by atoms with Crippen LogP contribution in [0.5, 0.6) is 5.75 Å². The molecular weight excluding hydrogens is 597 g/mol. The van der Waals surface area contributed by atoms with Gasteiger partial charge >= 0.3 is 0 Å². The molecule has 0 saturated heterocycles. The van der Waals surface area contributed by atoms with Crippen molar-refractivity contribution in [2.45, 2.75) is 64.1 Å². The molecule has 2 atom stereocenters. The average molecular weight is 635 g/mol. The van der Waals surface area contributed by atoms with E-state index in [0.717, 1.165) is 9.87 Å². The van der Waals surface area contributed by atoms with Gasteiger partial charge in [0.05, 0.1) is 17.7 Å². The normalized spacial score (nSPS) is 12.7. The number of ether oxygens (including phenoxy) is 1. The molecule has 0 saturated carbocycles. The average Bonchev–Trinajstić information content (AvgIpc) is 2.96. The Labute approximate surface area is 258 Å². The quantitative estimate of drug-likeness (QED) is 0.241. The van der Waals surface area contributed by atoms with Crippen molar-refractivity contribution in [3.63, 3.8) is 0 Å². The molecule has 3 aromatic carbocycles. The van der Waals surface area contributed by atoms with E-state index in [9.17, 15) is 18.0 Å². The lowest BCUT2D eigenvalue weighted by Crippen LogP contribution is -2.53. The zero-order chi connectivity index (χ0) is 31.0. The second kappa shape index (κ2) is 14.8. The van der Waals surface area contributed by atoms with Crippen LogP contribution >= 0.6 is 23.2 Å². The van der Waals surface area contributed by atoms with E-state index in [1.807, 2.05) is 20.8 Å². The number of halogens is 2. The van der Waals surface area contributed by atoms with E-state index in [1.54, 1.807) is 61.5 Å². The first kappa shape index (κ1) is 33.2. The molecule has 0 fully saturated rings. The van der Waals surface area contributed by atoms with Crippen molar-refractivity contribution in [1.82, 2.24) is 10.2 Å². The minimum Gasteiger partial charge on any atom is -0.497 e. The van der Waals surface area contributed by atoms with Crippen LogP contribution in [0.15, 0.2) is 71.6 Å². The Morgan fingerprint density at radius 3 is 2.26 bits per heavy atom. The van der Waals surface area contributed by atoms with Crippen molar-refractivity contribution in [1.29, 1.82) is 0 Å². The molecule has 1 N–H and O–H groups in total. The minimum absolute atomic E-state index is 0.0255. The van der Waals surface area contributed by atoms with Gasteiger partial charge in [-0.3, -0.25) is 13.9 Å². The maximum Gasteiger partial charge on any atom is 0.264 e. The van der Waals surface area contributed by atoms with Crippen LogP contribution in [0.2, 0.25) is 10.0 Å². The van der Waals surface area contributed by atoms with Gasteiger partial charge in [-0.15, -0.1) is 0 Å². The van der Waals surface area contributed by atoms with Gasteiger partial charge in [-0.25, -0.2) is 8.42 Å². The topological polar surface area (TPSA) is 96.0 Å². The Morgan fingerprint density at radius 1 is 0.976 bits per heavy atom. The van der Waals surface area contributed by atoms with Gasteiger partial charge in [0, 0.05) is 28.7 Å². The molecular formula is C31H37Cl2N3O5S. The third-order valence-corrected chi connectivity index (χ3v) is 9.35. The molecule has 3 rings (SSSR count). The van der Waals surface area contributed by atoms with Gasteiger partial charge in [0.1, 0.15) is 18.3 Å². The fourth-order valence-corrected chi connectivity index (χ4v) is 6.20. The molecule has 0 aliphatic heterocycles. The SMILES string of the molecule is CC[C@H](C)NC(=O)[C@H](CC)N(Cc1ccc(Cl)cc1Cl)C(=O)CN(c1cccc(OC)c1)S(=O)(=O)c1ccc(C)cc1. The largest absolute Gasteiger partial charge is 0.497 e. The first-order valence-corrected chi connectivity index (χ1v) is 15.9. The van der Waals surface area contributed by atoms with Crippen LogP contribution in [0.25, 0.3) is 0 Å². The number of methoxy groups -OCH3 is 1. The third-order valence-electron chi connectivity index (χ3n) is 6.97. The summed E-state index contributed by atoms with van der Waals surface area (Å²) in [6.07, 6.45) is 1.00. The number of aryl methyl sites for hydroxylation is 1. The van der Waals surface area contributed by atoms with Crippen LogP contribution < -0.4 is 14.4 Å². The summed E-state index contributed by atoms with van der Waals surface area (Å²) < 4.78 is 34.4. The minimum atomic E-state index is -4.20. The number of hydrogen-bond acceptors (Lipinski definition) is 5. The van der Waals surface area contributed by atoms with Crippen LogP contribution in [0.3, 0.4) is 0 Å². The molecule has 0 radical (unpaired) electrons. The lowest BCUT2D eigenvalue weighted by atomic mass is 10.1. The molecule has 8 nitrogen and oxygen atoms in total. The zero-order valence-corrected chi connectivity index (χ0v) is 26.8. The summed E-state index contributed by atoms with van der Waals surface area (Å²) in [7, 11) is -2.73. The number of carbonyl (C=O) groups excluding carboxylic acids is 2. The van der Waals surface area contributed by atoms with E-state index >= 15 is 0 Å². The first-order chi connectivity index (χ1) is 19.9. The van der Waals surface area contributed by atoms with Crippen LogP contribution in [0.4, 0.5) is 5.69 Å². The standard InChI is InChI=1S/C31H37Cl2N3O5S/c1-6-22(4)34-31(38)29(7-2)35(19-23-13-14-24(32)17-28(23)33)30(37)20-36(25-9-8-10-26(18-25)41-5)42(39,40)27-15-11-21(3)12-16-27/h8-18,22,29H,6-7,19-20H2,1-5H3,(H,34,38)/t22-,29-/m0/s1. The number of nitrogens with one attached hydrogen (secondary N) is 1. The summed E-state index contributed by atoms with van der Waals surface area (Å²) in [5.74, 6) is -0.487. The van der Waals surface area contributed by atoms with Crippen LogP contribution in [-0.4, -0.2) is 50.9 Å². The summed E-state index contributed by atoms with van der Waals surface area (Å²) in [5, 5.41) is 3.71. The number of nitrogens with zero attached hydrogens (tertiary/aromatic N) is 2. The number of sulfonamides is 1. The Hall–Kier alpha value is -3.27. The maximum atomic E-state index is 14.2. The molecule has 0 aliphatic carbocycles. The van der Waals surface area contributed by atoms with Crippen LogP contribution in [0, 0.1) is 6.92 Å². The highest BCUT2D eigenvalue weighted by Crippen LogP contribution is 2.29. The molecule has 0 aromatic heterocycles. The Bertz CT molecular complexity index is 1500. The first-order valence-electron chi connectivity index (χ1n) is 13.7. The number of hydrogen-bond donors (Lipinski definition) is 1. The van der Waals surface area contributed by atoms with Crippen molar-refractivity contribution in [3.05, 3.63) is 87.9 Å². The number of rotatable bonds is 13. The van der Waals surface area contributed by atoms with Gasteiger partial charge in [0.15, 0.2) is 0 Å². The molecule has 0 unspecified atom stereocenters. The third kappa shape index (κ3) is 8.18. The van der Waals surface area contributed by atoms with Crippen LogP contribution in [-0.2, 0) is 26.2 Å². The van der Waals surface area contributed by atoms with Crippen molar-refractivity contribution in [2.24, 2.45) is 0 Å². The maximum absolute atomic E-state index is 14.2. The van der Waals surface area contributed by atoms with Gasteiger partial charge in [0.25, 0.3) is 10.0 Å². The number of carbonyl (C=O) groups is 2. The molecule has 11 heteroatoms. The van der Waals surface area contributed by atoms with Crippen molar-refractivity contribution < 1.29 is 22.7 Å². The molecule has 0 heterocycles. The van der Waals surface area contributed by atoms with Gasteiger partial charge < -0.3 is 15.0 Å². The Kier molecular flexibility index (Phi) is 11.7. The molecule has 42 heavy (non-hydrogen) atoms. The van der Waals surface area contributed by atoms with E-state index in [4.69, 9.17) is 27.9 Å². The highest BCUT2D eigenvalue weighted by atomic mass is 35.5. The number of benzene rings is 3. The second-order valence-electron chi connectivity index (χ2n) is 10.0. The van der Waals surface area contributed by atoms with E-state index < -0.39 is 28.5 Å². The molecule has 2 amide bonds. The molecule has 226 valence electrons. The Balaban J connectivity index is 2.10. The summed E-state index contributed by atoms with van der Waals surface area (Å²) in [4.78, 5) is 29.0. The fraction of sp³-hybridized carbons (Fsp3) is 0.355. The highest BCUT2D eigenvalue weighted by molar-refractivity contribution is 7.92. The number of amides is 2. The Morgan fingerprint density at radius 2 is 1.67 bits per heavy atom. The molecule has 0 aliphatic rings. The lowest BCUT2D eigenvalue weighted by molar-refractivity contribution is -0.140. The molecule has 0 bridgehead atoms.